The van der Waals surface area contributed by atoms with E-state index in [0.29, 0.717) is 11.1 Å². The van der Waals surface area contributed by atoms with Gasteiger partial charge in [0.15, 0.2) is 11.6 Å². The van der Waals surface area contributed by atoms with E-state index >= 15 is 0 Å². The molecular weight excluding hydrogens is 269 g/mol. The topological polar surface area (TPSA) is 50.2 Å². The van der Waals surface area contributed by atoms with E-state index in [1.807, 2.05) is 30.3 Å². The molecule has 0 radical (unpaired) electrons. The number of rotatable bonds is 3. The summed E-state index contributed by atoms with van der Waals surface area (Å²) >= 11 is 0. The summed E-state index contributed by atoms with van der Waals surface area (Å²) in [6, 6.07) is 13.4. The van der Waals surface area contributed by atoms with Crippen LogP contribution >= 0.6 is 0 Å². The van der Waals surface area contributed by atoms with Gasteiger partial charge in [-0.25, -0.2) is 4.39 Å². The number of fused-ring (bicyclic) bond motifs is 1. The van der Waals surface area contributed by atoms with Crippen LogP contribution in [-0.2, 0) is 4.79 Å². The highest BCUT2D eigenvalue weighted by molar-refractivity contribution is 5.80. The SMILES string of the molecule is O=CC(c1ccc(O)c(F)c1)c1cnc2ccccc2c1. The average Bonchev–Trinajstić information content (AvgIpc) is 2.51. The molecule has 1 aromatic heterocycles. The number of aromatic hydroxyl groups is 1. The van der Waals surface area contributed by atoms with Gasteiger partial charge in [-0.05, 0) is 35.4 Å². The zero-order valence-electron chi connectivity index (χ0n) is 11.0. The lowest BCUT2D eigenvalue weighted by Crippen LogP contribution is -2.03. The maximum Gasteiger partial charge on any atom is 0.165 e. The van der Waals surface area contributed by atoms with E-state index in [1.54, 1.807) is 6.20 Å². The minimum atomic E-state index is -0.743. The third-order valence-electron chi connectivity index (χ3n) is 3.44. The molecule has 0 aliphatic rings. The number of carbonyl (C=O) groups excluding carboxylic acids is 1. The number of pyridine rings is 1. The summed E-state index contributed by atoms with van der Waals surface area (Å²) < 4.78 is 13.5. The lowest BCUT2D eigenvalue weighted by Gasteiger charge is -2.12. The first-order chi connectivity index (χ1) is 10.2. The van der Waals surface area contributed by atoms with Crippen LogP contribution in [0.5, 0.6) is 5.75 Å². The van der Waals surface area contributed by atoms with Crippen molar-refractivity contribution < 1.29 is 14.3 Å². The Morgan fingerprint density at radius 3 is 2.67 bits per heavy atom. The number of nitrogens with zero attached hydrogens (tertiary/aromatic N) is 1. The summed E-state index contributed by atoms with van der Waals surface area (Å²) in [5.41, 5.74) is 2.01. The first-order valence-electron chi connectivity index (χ1n) is 6.47. The van der Waals surface area contributed by atoms with E-state index in [0.717, 1.165) is 17.2 Å². The Kier molecular flexibility index (Phi) is 3.36. The molecule has 0 saturated carbocycles. The Morgan fingerprint density at radius 2 is 1.90 bits per heavy atom. The number of aromatic nitrogens is 1. The standard InChI is InChI=1S/C17H12FNO2/c18-15-8-11(5-6-17(15)21)14(10-20)13-7-12-3-1-2-4-16(12)19-9-13/h1-10,14,21H. The van der Waals surface area contributed by atoms with E-state index in [9.17, 15) is 14.3 Å². The third-order valence-corrected chi connectivity index (χ3v) is 3.44. The van der Waals surface area contributed by atoms with Gasteiger partial charge in [0, 0.05) is 11.6 Å². The Bertz CT molecular complexity index is 817. The molecule has 1 atom stereocenters. The van der Waals surface area contributed by atoms with Crippen LogP contribution in [0.15, 0.2) is 54.7 Å². The number of para-hydroxylation sites is 1. The van der Waals surface area contributed by atoms with Gasteiger partial charge in [-0.3, -0.25) is 4.98 Å². The van der Waals surface area contributed by atoms with Crippen LogP contribution in [0.2, 0.25) is 0 Å². The molecule has 1 unspecified atom stereocenters. The Hall–Kier alpha value is -2.75. The van der Waals surface area contributed by atoms with Crippen molar-refractivity contribution in [2.45, 2.75) is 5.92 Å². The normalized spacial score (nSPS) is 12.2. The highest BCUT2D eigenvalue weighted by Crippen LogP contribution is 2.27. The van der Waals surface area contributed by atoms with Gasteiger partial charge in [-0.15, -0.1) is 0 Å². The second kappa shape index (κ2) is 5.32. The third kappa shape index (κ3) is 2.48. The highest BCUT2D eigenvalue weighted by atomic mass is 19.1. The number of hydrogen-bond acceptors (Lipinski definition) is 3. The summed E-state index contributed by atoms with van der Waals surface area (Å²) in [4.78, 5) is 15.7. The van der Waals surface area contributed by atoms with Crippen LogP contribution in [0.4, 0.5) is 4.39 Å². The monoisotopic (exact) mass is 281 g/mol. The van der Waals surface area contributed by atoms with Crippen LogP contribution in [0.1, 0.15) is 17.0 Å². The van der Waals surface area contributed by atoms with Crippen molar-refractivity contribution in [1.29, 1.82) is 0 Å². The fraction of sp³-hybridized carbons (Fsp3) is 0.0588. The minimum Gasteiger partial charge on any atom is -0.505 e. The molecule has 3 aromatic rings. The van der Waals surface area contributed by atoms with Crippen molar-refractivity contribution in [2.75, 3.05) is 0 Å². The van der Waals surface area contributed by atoms with Gasteiger partial charge in [0.1, 0.15) is 6.29 Å². The molecule has 4 heteroatoms. The Balaban J connectivity index is 2.08. The van der Waals surface area contributed by atoms with Crippen molar-refractivity contribution >= 4 is 17.2 Å². The van der Waals surface area contributed by atoms with Crippen LogP contribution in [0.3, 0.4) is 0 Å². The fourth-order valence-corrected chi connectivity index (χ4v) is 2.32. The lowest BCUT2D eigenvalue weighted by atomic mass is 9.93. The minimum absolute atomic E-state index is 0.431. The van der Waals surface area contributed by atoms with Gasteiger partial charge < -0.3 is 9.90 Å². The summed E-state index contributed by atoms with van der Waals surface area (Å²) in [7, 11) is 0. The van der Waals surface area contributed by atoms with E-state index in [2.05, 4.69) is 4.98 Å². The Morgan fingerprint density at radius 1 is 1.10 bits per heavy atom. The quantitative estimate of drug-likeness (QED) is 0.748. The van der Waals surface area contributed by atoms with Crippen LogP contribution in [-0.4, -0.2) is 16.4 Å². The predicted molar refractivity (Wildman–Crippen MR) is 77.7 cm³/mol. The maximum absolute atomic E-state index is 13.5. The van der Waals surface area contributed by atoms with E-state index in [-0.39, 0.29) is 0 Å². The molecule has 2 aromatic carbocycles. The molecular formula is C17H12FNO2. The van der Waals surface area contributed by atoms with Crippen molar-refractivity contribution in [1.82, 2.24) is 4.98 Å². The van der Waals surface area contributed by atoms with Crippen molar-refractivity contribution in [3.8, 4) is 5.75 Å². The number of phenolic OH excluding ortho intramolecular Hbond substituents is 1. The molecule has 0 aliphatic heterocycles. The molecule has 3 nitrogen and oxygen atoms in total. The first-order valence-corrected chi connectivity index (χ1v) is 6.47. The summed E-state index contributed by atoms with van der Waals surface area (Å²) in [6.07, 6.45) is 2.36. The number of carbonyl (C=O) groups is 1. The average molecular weight is 281 g/mol. The molecule has 3 rings (SSSR count). The van der Waals surface area contributed by atoms with Crippen LogP contribution in [0, 0.1) is 5.82 Å². The molecule has 0 spiro atoms. The number of halogens is 1. The molecule has 1 N–H and O–H groups in total. The summed E-state index contributed by atoms with van der Waals surface area (Å²) in [5, 5.41) is 10.2. The van der Waals surface area contributed by atoms with Crippen molar-refractivity contribution in [2.24, 2.45) is 0 Å². The second-order valence-electron chi connectivity index (χ2n) is 4.79. The summed E-state index contributed by atoms with van der Waals surface area (Å²) in [6.45, 7) is 0. The van der Waals surface area contributed by atoms with Gasteiger partial charge >= 0.3 is 0 Å². The Labute approximate surface area is 120 Å². The largest absolute Gasteiger partial charge is 0.505 e. The highest BCUT2D eigenvalue weighted by Gasteiger charge is 2.16. The maximum atomic E-state index is 13.5. The molecule has 0 bridgehead atoms. The van der Waals surface area contributed by atoms with E-state index in [4.69, 9.17) is 0 Å². The molecule has 0 aliphatic carbocycles. The molecule has 104 valence electrons. The number of aldehydes is 1. The van der Waals surface area contributed by atoms with Gasteiger partial charge in [0.25, 0.3) is 0 Å². The number of phenols is 1. The number of benzene rings is 2. The van der Waals surface area contributed by atoms with Gasteiger partial charge in [-0.2, -0.15) is 0 Å². The molecule has 0 saturated heterocycles. The van der Waals surface area contributed by atoms with E-state index in [1.165, 1.54) is 18.2 Å². The number of hydrogen-bond donors (Lipinski definition) is 1. The smallest absolute Gasteiger partial charge is 0.165 e. The zero-order valence-corrected chi connectivity index (χ0v) is 11.0. The van der Waals surface area contributed by atoms with Gasteiger partial charge in [0.2, 0.25) is 0 Å². The zero-order chi connectivity index (χ0) is 14.8. The van der Waals surface area contributed by atoms with Gasteiger partial charge in [0.05, 0.1) is 11.4 Å². The van der Waals surface area contributed by atoms with E-state index < -0.39 is 17.5 Å². The summed E-state index contributed by atoms with van der Waals surface area (Å²) in [5.74, 6) is -1.79. The van der Waals surface area contributed by atoms with Crippen molar-refractivity contribution in [3.63, 3.8) is 0 Å². The molecule has 21 heavy (non-hydrogen) atoms. The fourth-order valence-electron chi connectivity index (χ4n) is 2.32. The second-order valence-corrected chi connectivity index (χ2v) is 4.79. The van der Waals surface area contributed by atoms with Crippen LogP contribution < -0.4 is 0 Å². The molecule has 0 fully saturated rings. The predicted octanol–water partition coefficient (Wildman–Crippen LogP) is 3.41. The molecule has 0 amide bonds. The van der Waals surface area contributed by atoms with Gasteiger partial charge in [-0.1, -0.05) is 24.3 Å². The van der Waals surface area contributed by atoms with Crippen molar-refractivity contribution in [3.05, 3.63) is 71.7 Å². The van der Waals surface area contributed by atoms with Crippen LogP contribution in [0.25, 0.3) is 10.9 Å². The lowest BCUT2D eigenvalue weighted by molar-refractivity contribution is -0.108. The molecule has 1 heterocycles. The first kappa shape index (κ1) is 13.2.